The Morgan fingerprint density at radius 3 is 2.34 bits per heavy atom. The van der Waals surface area contributed by atoms with Gasteiger partial charge in [-0.1, -0.05) is 50.2 Å². The molecule has 3 aromatic rings. The molecule has 1 unspecified atom stereocenters. The van der Waals surface area contributed by atoms with Crippen molar-refractivity contribution in [3.05, 3.63) is 75.8 Å². The molecule has 152 valence electrons. The number of benzene rings is 2. The van der Waals surface area contributed by atoms with Crippen LogP contribution >= 0.6 is 0 Å². The third kappa shape index (κ3) is 4.41. The standard InChI is InChI=1S/C24H30N4O/c1-17(2)20-10-8-19(9-11-20)16-27-12-14-28(15-13-27)18(3)23-25-22-7-5-4-6-21(22)24(29)26-23/h4-11,17-18H,12-16H2,1-3H3,(H,25,26,29). The van der Waals surface area contributed by atoms with Gasteiger partial charge in [-0.25, -0.2) is 4.98 Å². The van der Waals surface area contributed by atoms with E-state index in [1.54, 1.807) is 0 Å². The average molecular weight is 391 g/mol. The Hall–Kier alpha value is -2.50. The number of hydrogen-bond acceptors (Lipinski definition) is 4. The van der Waals surface area contributed by atoms with Gasteiger partial charge in [0.25, 0.3) is 5.56 Å². The first kappa shape index (κ1) is 19.8. The van der Waals surface area contributed by atoms with Crippen LogP contribution in [0.3, 0.4) is 0 Å². The molecule has 0 radical (unpaired) electrons. The van der Waals surface area contributed by atoms with E-state index in [9.17, 15) is 4.79 Å². The zero-order valence-electron chi connectivity index (χ0n) is 17.6. The first-order valence-electron chi connectivity index (χ1n) is 10.6. The number of aromatic amines is 1. The summed E-state index contributed by atoms with van der Waals surface area (Å²) in [6.45, 7) is 11.6. The lowest BCUT2D eigenvalue weighted by Crippen LogP contribution is -2.47. The summed E-state index contributed by atoms with van der Waals surface area (Å²) in [5, 5.41) is 0.650. The molecule has 4 rings (SSSR count). The number of fused-ring (bicyclic) bond motifs is 1. The lowest BCUT2D eigenvalue weighted by molar-refractivity contribution is 0.0948. The van der Waals surface area contributed by atoms with E-state index < -0.39 is 0 Å². The van der Waals surface area contributed by atoms with E-state index in [0.717, 1.165) is 44.1 Å². The van der Waals surface area contributed by atoms with Gasteiger partial charge in [-0.05, 0) is 36.1 Å². The van der Waals surface area contributed by atoms with Crippen LogP contribution in [0, 0.1) is 0 Å². The van der Waals surface area contributed by atoms with E-state index in [4.69, 9.17) is 4.98 Å². The predicted octanol–water partition coefficient (Wildman–Crippen LogP) is 3.93. The summed E-state index contributed by atoms with van der Waals surface area (Å²) in [6, 6.07) is 16.6. The zero-order valence-corrected chi connectivity index (χ0v) is 17.6. The lowest BCUT2D eigenvalue weighted by atomic mass is 10.0. The van der Waals surface area contributed by atoms with Crippen molar-refractivity contribution in [2.45, 2.75) is 39.3 Å². The van der Waals surface area contributed by atoms with Crippen molar-refractivity contribution in [3.63, 3.8) is 0 Å². The van der Waals surface area contributed by atoms with E-state index in [1.807, 2.05) is 24.3 Å². The number of aromatic nitrogens is 2. The highest BCUT2D eigenvalue weighted by Crippen LogP contribution is 2.21. The van der Waals surface area contributed by atoms with Crippen LogP contribution in [-0.2, 0) is 6.54 Å². The van der Waals surface area contributed by atoms with Crippen LogP contribution in [0.25, 0.3) is 10.9 Å². The summed E-state index contributed by atoms with van der Waals surface area (Å²) in [5.41, 5.74) is 3.48. The van der Waals surface area contributed by atoms with Crippen molar-refractivity contribution < 1.29 is 0 Å². The number of hydrogen-bond donors (Lipinski definition) is 1. The summed E-state index contributed by atoms with van der Waals surface area (Å²) in [4.78, 5) is 25.0. The van der Waals surface area contributed by atoms with Gasteiger partial charge in [0.1, 0.15) is 5.82 Å². The van der Waals surface area contributed by atoms with E-state index in [2.05, 4.69) is 59.8 Å². The summed E-state index contributed by atoms with van der Waals surface area (Å²) in [5.74, 6) is 1.33. The van der Waals surface area contributed by atoms with Gasteiger partial charge in [0.15, 0.2) is 0 Å². The van der Waals surface area contributed by atoms with Crippen molar-refractivity contribution >= 4 is 10.9 Å². The Morgan fingerprint density at radius 2 is 1.66 bits per heavy atom. The lowest BCUT2D eigenvalue weighted by Gasteiger charge is -2.37. The van der Waals surface area contributed by atoms with Crippen molar-refractivity contribution in [2.75, 3.05) is 26.2 Å². The number of H-pyrrole nitrogens is 1. The van der Waals surface area contributed by atoms with Crippen LogP contribution in [0.1, 0.15) is 49.7 Å². The minimum absolute atomic E-state index is 0.0547. The fourth-order valence-corrected chi connectivity index (χ4v) is 4.05. The normalized spacial score (nSPS) is 17.1. The van der Waals surface area contributed by atoms with Crippen LogP contribution in [0.2, 0.25) is 0 Å². The predicted molar refractivity (Wildman–Crippen MR) is 118 cm³/mol. The SMILES string of the molecule is CC(C)c1ccc(CN2CCN(C(C)c3nc4ccccc4c(=O)[nH]3)CC2)cc1. The number of nitrogens with zero attached hydrogens (tertiary/aromatic N) is 3. The molecule has 1 aliphatic heterocycles. The Balaban J connectivity index is 1.38. The minimum Gasteiger partial charge on any atom is -0.309 e. The van der Waals surface area contributed by atoms with Crippen LogP contribution in [0.15, 0.2) is 53.3 Å². The third-order valence-corrected chi connectivity index (χ3v) is 6.03. The molecule has 0 aliphatic carbocycles. The average Bonchev–Trinajstić information content (AvgIpc) is 2.74. The largest absolute Gasteiger partial charge is 0.309 e. The molecule has 1 aromatic heterocycles. The van der Waals surface area contributed by atoms with Gasteiger partial charge in [0.05, 0.1) is 16.9 Å². The number of rotatable bonds is 5. The van der Waals surface area contributed by atoms with Gasteiger partial charge in [0, 0.05) is 32.7 Å². The molecule has 5 nitrogen and oxygen atoms in total. The summed E-state index contributed by atoms with van der Waals surface area (Å²) in [6.07, 6.45) is 0. The van der Waals surface area contributed by atoms with Gasteiger partial charge in [-0.15, -0.1) is 0 Å². The van der Waals surface area contributed by atoms with Crippen LogP contribution in [-0.4, -0.2) is 45.9 Å². The second-order valence-electron chi connectivity index (χ2n) is 8.35. The van der Waals surface area contributed by atoms with Gasteiger partial charge < -0.3 is 4.98 Å². The van der Waals surface area contributed by atoms with Crippen LogP contribution in [0.4, 0.5) is 0 Å². The topological polar surface area (TPSA) is 52.2 Å². The number of nitrogens with one attached hydrogen (secondary N) is 1. The van der Waals surface area contributed by atoms with Crippen molar-refractivity contribution in [3.8, 4) is 0 Å². The maximum absolute atomic E-state index is 12.4. The first-order chi connectivity index (χ1) is 14.0. The number of para-hydroxylation sites is 1. The highest BCUT2D eigenvalue weighted by molar-refractivity contribution is 5.77. The molecular weight excluding hydrogens is 360 g/mol. The van der Waals surface area contributed by atoms with Crippen LogP contribution < -0.4 is 5.56 Å². The molecular formula is C24H30N4O. The third-order valence-electron chi connectivity index (χ3n) is 6.03. The Kier molecular flexibility index (Phi) is 5.79. The molecule has 29 heavy (non-hydrogen) atoms. The van der Waals surface area contributed by atoms with Gasteiger partial charge >= 0.3 is 0 Å². The van der Waals surface area contributed by atoms with Crippen molar-refractivity contribution in [2.24, 2.45) is 0 Å². The number of piperazine rings is 1. The zero-order chi connectivity index (χ0) is 20.4. The molecule has 5 heteroatoms. The fourth-order valence-electron chi connectivity index (χ4n) is 4.05. The molecule has 0 spiro atoms. The molecule has 2 aromatic carbocycles. The highest BCUT2D eigenvalue weighted by Gasteiger charge is 2.24. The van der Waals surface area contributed by atoms with Gasteiger partial charge in [0.2, 0.25) is 0 Å². The van der Waals surface area contributed by atoms with Crippen molar-refractivity contribution in [1.82, 2.24) is 19.8 Å². The van der Waals surface area contributed by atoms with E-state index in [-0.39, 0.29) is 11.6 Å². The molecule has 1 N–H and O–H groups in total. The highest BCUT2D eigenvalue weighted by atomic mass is 16.1. The molecule has 1 fully saturated rings. The summed E-state index contributed by atoms with van der Waals surface area (Å²) in [7, 11) is 0. The fraction of sp³-hybridized carbons (Fsp3) is 0.417. The smallest absolute Gasteiger partial charge is 0.258 e. The molecule has 1 aliphatic rings. The molecule has 1 saturated heterocycles. The van der Waals surface area contributed by atoms with E-state index >= 15 is 0 Å². The van der Waals surface area contributed by atoms with Crippen molar-refractivity contribution in [1.29, 1.82) is 0 Å². The molecule has 0 saturated carbocycles. The summed E-state index contributed by atoms with van der Waals surface area (Å²) < 4.78 is 0. The Bertz CT molecular complexity index is 1020. The molecule has 2 heterocycles. The second-order valence-corrected chi connectivity index (χ2v) is 8.35. The first-order valence-corrected chi connectivity index (χ1v) is 10.6. The maximum Gasteiger partial charge on any atom is 0.258 e. The van der Waals surface area contributed by atoms with Gasteiger partial charge in [-0.3, -0.25) is 14.6 Å². The molecule has 0 amide bonds. The molecule has 1 atom stereocenters. The quantitative estimate of drug-likeness (QED) is 0.717. The Labute approximate surface area is 172 Å². The van der Waals surface area contributed by atoms with Crippen LogP contribution in [0.5, 0.6) is 0 Å². The molecule has 0 bridgehead atoms. The Morgan fingerprint density at radius 1 is 0.966 bits per heavy atom. The summed E-state index contributed by atoms with van der Waals surface area (Å²) >= 11 is 0. The minimum atomic E-state index is -0.0547. The second kappa shape index (κ2) is 8.47. The monoisotopic (exact) mass is 390 g/mol. The van der Waals surface area contributed by atoms with E-state index in [0.29, 0.717) is 11.3 Å². The maximum atomic E-state index is 12.4. The van der Waals surface area contributed by atoms with Gasteiger partial charge in [-0.2, -0.15) is 0 Å². The van der Waals surface area contributed by atoms with E-state index in [1.165, 1.54) is 11.1 Å².